The van der Waals surface area contributed by atoms with E-state index in [9.17, 15) is 30.7 Å². The summed E-state index contributed by atoms with van der Waals surface area (Å²) in [7, 11) is 0. The van der Waals surface area contributed by atoms with Crippen LogP contribution in [0.5, 0.6) is 5.75 Å². The molecule has 0 spiro atoms. The Bertz CT molecular complexity index is 1130. The molecule has 0 atom stereocenters. The van der Waals surface area contributed by atoms with Crippen molar-refractivity contribution in [1.82, 2.24) is 0 Å². The molecule has 0 fully saturated rings. The Balaban J connectivity index is 2.02. The zero-order chi connectivity index (χ0) is 22.2. The Morgan fingerprint density at radius 3 is 1.87 bits per heavy atom. The van der Waals surface area contributed by atoms with E-state index in [1.54, 1.807) is 12.8 Å². The zero-order valence-electron chi connectivity index (χ0n) is 15.2. The maximum Gasteiger partial charge on any atom is 0.432 e. The van der Waals surface area contributed by atoms with Gasteiger partial charge in [-0.25, -0.2) is 22.0 Å². The molecular formula is C22H11F7O. The fourth-order valence-electron chi connectivity index (χ4n) is 2.81. The van der Waals surface area contributed by atoms with Crippen LogP contribution in [-0.4, -0.2) is 0 Å². The van der Waals surface area contributed by atoms with Crippen LogP contribution >= 0.6 is 0 Å². The molecule has 0 aliphatic rings. The van der Waals surface area contributed by atoms with Crippen molar-refractivity contribution in [1.29, 1.82) is 0 Å². The smallest absolute Gasteiger partial charge is 0.429 e. The van der Waals surface area contributed by atoms with Gasteiger partial charge in [-0.1, -0.05) is 18.1 Å². The molecule has 3 aromatic carbocycles. The van der Waals surface area contributed by atoms with Gasteiger partial charge in [0, 0.05) is 17.7 Å². The molecule has 3 aromatic rings. The second-order valence-corrected chi connectivity index (χ2v) is 6.32. The van der Waals surface area contributed by atoms with Crippen LogP contribution in [0.15, 0.2) is 42.5 Å². The van der Waals surface area contributed by atoms with Crippen LogP contribution in [0.3, 0.4) is 0 Å². The quantitative estimate of drug-likeness (QED) is 0.345. The second-order valence-electron chi connectivity index (χ2n) is 6.32. The molecule has 0 unspecified atom stereocenters. The molecule has 0 saturated heterocycles. The minimum Gasteiger partial charge on any atom is -0.429 e. The fraction of sp³-hybridized carbons (Fsp3) is 0.0909. The lowest BCUT2D eigenvalue weighted by Crippen LogP contribution is -2.25. The molecule has 0 aliphatic carbocycles. The van der Waals surface area contributed by atoms with Crippen molar-refractivity contribution >= 4 is 0 Å². The van der Waals surface area contributed by atoms with Gasteiger partial charge in [0.05, 0.1) is 5.56 Å². The minimum atomic E-state index is -4.64. The van der Waals surface area contributed by atoms with Gasteiger partial charge < -0.3 is 4.74 Å². The van der Waals surface area contributed by atoms with Crippen molar-refractivity contribution in [2.45, 2.75) is 13.0 Å². The van der Waals surface area contributed by atoms with Crippen LogP contribution in [0.25, 0.3) is 11.1 Å². The van der Waals surface area contributed by atoms with Gasteiger partial charge in [0.25, 0.3) is 0 Å². The number of aryl methyl sites for hydroxylation is 1. The highest BCUT2D eigenvalue weighted by molar-refractivity contribution is 5.65. The average Bonchev–Trinajstić information content (AvgIpc) is 2.60. The number of ether oxygens (including phenoxy) is 1. The number of benzene rings is 3. The molecule has 0 radical (unpaired) electrons. The van der Waals surface area contributed by atoms with E-state index >= 15 is 0 Å². The molecule has 8 heteroatoms. The molecule has 1 nitrogen and oxygen atoms in total. The van der Waals surface area contributed by atoms with Gasteiger partial charge in [-0.05, 0) is 36.2 Å². The Hall–Kier alpha value is -3.47. The summed E-state index contributed by atoms with van der Waals surface area (Å²) >= 11 is 0. The maximum atomic E-state index is 14.4. The summed E-state index contributed by atoms with van der Waals surface area (Å²) in [6, 6.07) is 5.56. The summed E-state index contributed by atoms with van der Waals surface area (Å²) in [5.74, 6) is -6.36. The number of rotatable bonds is 4. The van der Waals surface area contributed by atoms with Crippen molar-refractivity contribution in [2.24, 2.45) is 0 Å². The minimum absolute atomic E-state index is 0.205. The summed E-state index contributed by atoms with van der Waals surface area (Å²) in [5.41, 5.74) is -2.60. The highest BCUT2D eigenvalue weighted by atomic mass is 19.3. The standard InChI is InChI=1S/C22H11F7O/c1-3-14-17(24)9-13(10-18(14)25)30-22(28,29)21-19(26)7-12(8-20(21)27)15-5-4-11(2)6-16(15)23/h1,4-10H,2H3. The Kier molecular flexibility index (Phi) is 5.49. The number of alkyl halides is 2. The summed E-state index contributed by atoms with van der Waals surface area (Å²) < 4.78 is 103. The van der Waals surface area contributed by atoms with Gasteiger partial charge in [-0.2, -0.15) is 8.78 Å². The normalized spacial score (nSPS) is 11.3. The van der Waals surface area contributed by atoms with E-state index in [2.05, 4.69) is 4.74 Å². The molecule has 0 amide bonds. The van der Waals surface area contributed by atoms with E-state index in [0.717, 1.165) is 6.07 Å². The first-order chi connectivity index (χ1) is 14.0. The molecule has 0 heterocycles. The fourth-order valence-corrected chi connectivity index (χ4v) is 2.81. The van der Waals surface area contributed by atoms with Gasteiger partial charge >= 0.3 is 6.11 Å². The highest BCUT2D eigenvalue weighted by Crippen LogP contribution is 2.38. The third kappa shape index (κ3) is 3.96. The first-order valence-corrected chi connectivity index (χ1v) is 8.32. The van der Waals surface area contributed by atoms with Crippen molar-refractivity contribution < 1.29 is 35.5 Å². The molecule has 0 aliphatic heterocycles. The van der Waals surface area contributed by atoms with Crippen LogP contribution in [-0.2, 0) is 6.11 Å². The number of hydrogen-bond acceptors (Lipinski definition) is 1. The highest BCUT2D eigenvalue weighted by Gasteiger charge is 2.41. The molecule has 30 heavy (non-hydrogen) atoms. The largest absolute Gasteiger partial charge is 0.432 e. The molecule has 0 aromatic heterocycles. The molecule has 0 saturated carbocycles. The van der Waals surface area contributed by atoms with Gasteiger partial charge in [-0.15, -0.1) is 6.42 Å². The van der Waals surface area contributed by atoms with Crippen molar-refractivity contribution in [2.75, 3.05) is 0 Å². The first kappa shape index (κ1) is 21.2. The first-order valence-electron chi connectivity index (χ1n) is 8.32. The average molecular weight is 424 g/mol. The number of hydrogen-bond donors (Lipinski definition) is 0. The third-order valence-corrected chi connectivity index (χ3v) is 4.17. The Morgan fingerprint density at radius 2 is 1.37 bits per heavy atom. The lowest BCUT2D eigenvalue weighted by molar-refractivity contribution is -0.189. The molecule has 154 valence electrons. The zero-order valence-corrected chi connectivity index (χ0v) is 15.2. The van der Waals surface area contributed by atoms with Crippen LogP contribution in [0.2, 0.25) is 0 Å². The Morgan fingerprint density at radius 1 is 0.800 bits per heavy atom. The van der Waals surface area contributed by atoms with E-state index < -0.39 is 52.1 Å². The topological polar surface area (TPSA) is 9.23 Å². The van der Waals surface area contributed by atoms with Crippen molar-refractivity contribution in [3.63, 3.8) is 0 Å². The van der Waals surface area contributed by atoms with E-state index in [1.807, 2.05) is 0 Å². The van der Waals surface area contributed by atoms with E-state index in [0.29, 0.717) is 29.8 Å². The maximum absolute atomic E-state index is 14.4. The summed E-state index contributed by atoms with van der Waals surface area (Å²) in [6.45, 7) is 1.59. The number of halogens is 7. The van der Waals surface area contributed by atoms with Crippen molar-refractivity contribution in [3.05, 3.63) is 88.2 Å². The summed E-state index contributed by atoms with van der Waals surface area (Å²) in [4.78, 5) is 0. The van der Waals surface area contributed by atoms with E-state index in [4.69, 9.17) is 6.42 Å². The van der Waals surface area contributed by atoms with Gasteiger partial charge in [0.1, 0.15) is 40.4 Å². The molecule has 0 bridgehead atoms. The van der Waals surface area contributed by atoms with E-state index in [-0.39, 0.29) is 11.1 Å². The predicted molar refractivity (Wildman–Crippen MR) is 95.3 cm³/mol. The third-order valence-electron chi connectivity index (χ3n) is 4.17. The SMILES string of the molecule is C#Cc1c(F)cc(OC(F)(F)c2c(F)cc(-c3ccc(C)cc3F)cc2F)cc1F. The molecular weight excluding hydrogens is 413 g/mol. The van der Waals surface area contributed by atoms with Crippen molar-refractivity contribution in [3.8, 4) is 29.2 Å². The number of terminal acetylenes is 1. The van der Waals surface area contributed by atoms with Gasteiger partial charge in [0.15, 0.2) is 0 Å². The lowest BCUT2D eigenvalue weighted by atomic mass is 10.0. The monoisotopic (exact) mass is 424 g/mol. The molecule has 0 N–H and O–H groups in total. The summed E-state index contributed by atoms with van der Waals surface area (Å²) in [6.07, 6.45) is 0.252. The molecule has 3 rings (SSSR count). The lowest BCUT2D eigenvalue weighted by Gasteiger charge is -2.20. The second kappa shape index (κ2) is 7.75. The van der Waals surface area contributed by atoms with Gasteiger partial charge in [0.2, 0.25) is 0 Å². The van der Waals surface area contributed by atoms with Crippen LogP contribution < -0.4 is 4.74 Å². The van der Waals surface area contributed by atoms with Gasteiger partial charge in [-0.3, -0.25) is 0 Å². The van der Waals surface area contributed by atoms with Crippen LogP contribution in [0.1, 0.15) is 16.7 Å². The van der Waals surface area contributed by atoms with Crippen LogP contribution in [0, 0.1) is 48.4 Å². The summed E-state index contributed by atoms with van der Waals surface area (Å²) in [5, 5.41) is 0. The predicted octanol–water partition coefficient (Wildman–Crippen LogP) is 6.47. The Labute approximate surface area is 166 Å². The van der Waals surface area contributed by atoms with Crippen LogP contribution in [0.4, 0.5) is 30.7 Å². The van der Waals surface area contributed by atoms with E-state index in [1.165, 1.54) is 12.1 Å².